The fourth-order valence-corrected chi connectivity index (χ4v) is 4.24. The molecule has 152 valence electrons. The van der Waals surface area contributed by atoms with Gasteiger partial charge in [0, 0.05) is 25.2 Å². The number of fused-ring (bicyclic) bond motifs is 1. The maximum absolute atomic E-state index is 5.52. The average molecular weight is 419 g/mol. The summed E-state index contributed by atoms with van der Waals surface area (Å²) in [7, 11) is 0. The lowest BCUT2D eigenvalue weighted by molar-refractivity contribution is 0.122. The van der Waals surface area contributed by atoms with E-state index in [9.17, 15) is 0 Å². The smallest absolute Gasteiger partial charge is 0.179 e. The predicted molar refractivity (Wildman–Crippen MR) is 119 cm³/mol. The summed E-state index contributed by atoms with van der Waals surface area (Å²) in [5.41, 5.74) is 4.04. The minimum Gasteiger partial charge on any atom is -0.378 e. The predicted octanol–water partition coefficient (Wildman–Crippen LogP) is 4.89. The van der Waals surface area contributed by atoms with Crippen LogP contribution in [0.4, 0.5) is 11.6 Å². The first kappa shape index (κ1) is 18.9. The van der Waals surface area contributed by atoms with Gasteiger partial charge in [-0.2, -0.15) is 14.7 Å². The summed E-state index contributed by atoms with van der Waals surface area (Å²) in [6, 6.07) is 16.4. The van der Waals surface area contributed by atoms with Gasteiger partial charge in [-0.15, -0.1) is 16.5 Å². The summed E-state index contributed by atoms with van der Waals surface area (Å²) in [6.45, 7) is 5.64. The molecule has 0 spiro atoms. The summed E-state index contributed by atoms with van der Waals surface area (Å²) in [5.74, 6) is 1.56. The second-order valence-electron chi connectivity index (χ2n) is 7.24. The number of aromatic nitrogens is 3. The molecule has 7 nitrogen and oxygen atoms in total. The summed E-state index contributed by atoms with van der Waals surface area (Å²) < 4.78 is 7.43. The van der Waals surface area contributed by atoms with Crippen LogP contribution >= 0.6 is 11.3 Å². The molecule has 5 rings (SSSR count). The van der Waals surface area contributed by atoms with Crippen molar-refractivity contribution in [3.05, 3.63) is 65.0 Å². The van der Waals surface area contributed by atoms with Crippen molar-refractivity contribution in [2.24, 2.45) is 10.2 Å². The molecule has 0 N–H and O–H groups in total. The molecule has 0 saturated carbocycles. The van der Waals surface area contributed by atoms with Gasteiger partial charge in [0.25, 0.3) is 0 Å². The van der Waals surface area contributed by atoms with Crippen molar-refractivity contribution in [2.75, 3.05) is 31.2 Å². The van der Waals surface area contributed by atoms with E-state index < -0.39 is 0 Å². The van der Waals surface area contributed by atoms with Crippen LogP contribution < -0.4 is 4.90 Å². The Morgan fingerprint density at radius 1 is 1.10 bits per heavy atom. The van der Waals surface area contributed by atoms with E-state index in [1.54, 1.807) is 11.3 Å². The van der Waals surface area contributed by atoms with Gasteiger partial charge >= 0.3 is 0 Å². The molecular formula is C22H22N6OS. The van der Waals surface area contributed by atoms with Gasteiger partial charge in [0.15, 0.2) is 11.5 Å². The van der Waals surface area contributed by atoms with E-state index in [1.165, 1.54) is 5.56 Å². The van der Waals surface area contributed by atoms with Crippen LogP contribution in [-0.4, -0.2) is 40.9 Å². The number of morpholine rings is 1. The average Bonchev–Trinajstić information content (AvgIpc) is 3.44. The minimum absolute atomic E-state index is 0.529. The zero-order chi connectivity index (χ0) is 20.3. The summed E-state index contributed by atoms with van der Waals surface area (Å²) >= 11 is 1.67. The first-order valence-corrected chi connectivity index (χ1v) is 10.8. The first-order valence-electron chi connectivity index (χ1n) is 9.97. The first-order chi connectivity index (χ1) is 14.8. The third-order valence-corrected chi connectivity index (χ3v) is 5.90. The number of hydrogen-bond acceptors (Lipinski definition) is 7. The molecule has 4 aromatic rings. The number of hydrogen-bond donors (Lipinski definition) is 0. The lowest BCUT2D eigenvalue weighted by atomic mass is 10.1. The highest BCUT2D eigenvalue weighted by atomic mass is 32.1. The van der Waals surface area contributed by atoms with Crippen LogP contribution in [0, 0.1) is 6.92 Å². The summed E-state index contributed by atoms with van der Waals surface area (Å²) in [4.78, 5) is 8.08. The van der Waals surface area contributed by atoms with Crippen LogP contribution in [0.5, 0.6) is 0 Å². The molecule has 1 fully saturated rings. The van der Waals surface area contributed by atoms with Gasteiger partial charge in [-0.3, -0.25) is 0 Å². The van der Waals surface area contributed by atoms with Crippen molar-refractivity contribution in [3.8, 4) is 10.6 Å². The maximum atomic E-state index is 5.52. The Morgan fingerprint density at radius 3 is 2.80 bits per heavy atom. The van der Waals surface area contributed by atoms with Crippen molar-refractivity contribution in [3.63, 3.8) is 0 Å². The molecule has 0 radical (unpaired) electrons. The fraction of sp³-hybridized carbons (Fsp3) is 0.273. The van der Waals surface area contributed by atoms with E-state index in [0.717, 1.165) is 40.7 Å². The number of anilines is 1. The number of thiophene rings is 1. The zero-order valence-corrected chi connectivity index (χ0v) is 17.5. The van der Waals surface area contributed by atoms with Gasteiger partial charge in [0.05, 0.1) is 24.6 Å². The Hall–Kier alpha value is -3.10. The van der Waals surface area contributed by atoms with E-state index in [2.05, 4.69) is 51.7 Å². The molecule has 0 aliphatic carbocycles. The van der Waals surface area contributed by atoms with Crippen molar-refractivity contribution in [1.29, 1.82) is 0 Å². The SMILES string of the molecule is Cc1cccc(CN=Nc2cc(N3CCOCC3)n3nc(-c4cccs4)cc3n2)c1. The van der Waals surface area contributed by atoms with E-state index in [-0.39, 0.29) is 0 Å². The molecule has 8 heteroatoms. The lowest BCUT2D eigenvalue weighted by Crippen LogP contribution is -2.37. The number of aryl methyl sites for hydroxylation is 1. The number of benzene rings is 1. The Kier molecular flexibility index (Phi) is 5.25. The monoisotopic (exact) mass is 418 g/mol. The van der Waals surface area contributed by atoms with Gasteiger partial charge in [0.1, 0.15) is 11.5 Å². The number of ether oxygens (including phenoxy) is 1. The molecular weight excluding hydrogens is 396 g/mol. The third kappa shape index (κ3) is 3.96. The summed E-state index contributed by atoms with van der Waals surface area (Å²) in [6.07, 6.45) is 0. The summed E-state index contributed by atoms with van der Waals surface area (Å²) in [5, 5.41) is 15.7. The molecule has 1 aliphatic rings. The highest BCUT2D eigenvalue weighted by molar-refractivity contribution is 7.13. The topological polar surface area (TPSA) is 67.4 Å². The second-order valence-corrected chi connectivity index (χ2v) is 8.19. The fourth-order valence-electron chi connectivity index (χ4n) is 3.56. The molecule has 0 amide bonds. The van der Waals surface area contributed by atoms with Crippen molar-refractivity contribution in [2.45, 2.75) is 13.5 Å². The van der Waals surface area contributed by atoms with E-state index >= 15 is 0 Å². The van der Waals surface area contributed by atoms with Crippen molar-refractivity contribution >= 4 is 28.6 Å². The van der Waals surface area contributed by atoms with Gasteiger partial charge < -0.3 is 9.64 Å². The van der Waals surface area contributed by atoms with Crippen molar-refractivity contribution < 1.29 is 4.74 Å². The Balaban J connectivity index is 1.50. The van der Waals surface area contributed by atoms with E-state index in [0.29, 0.717) is 25.6 Å². The van der Waals surface area contributed by atoms with Crippen LogP contribution in [0.2, 0.25) is 0 Å². The Morgan fingerprint density at radius 2 is 2.00 bits per heavy atom. The zero-order valence-electron chi connectivity index (χ0n) is 16.7. The van der Waals surface area contributed by atoms with Gasteiger partial charge in [-0.25, -0.2) is 4.98 Å². The van der Waals surface area contributed by atoms with Crippen LogP contribution in [0.1, 0.15) is 11.1 Å². The van der Waals surface area contributed by atoms with Gasteiger partial charge in [-0.05, 0) is 23.9 Å². The molecule has 4 heterocycles. The van der Waals surface area contributed by atoms with Crippen LogP contribution in [0.15, 0.2) is 64.1 Å². The lowest BCUT2D eigenvalue weighted by Gasteiger charge is -2.28. The number of nitrogens with zero attached hydrogens (tertiary/aromatic N) is 6. The highest BCUT2D eigenvalue weighted by Gasteiger charge is 2.18. The van der Waals surface area contributed by atoms with Crippen LogP contribution in [0.3, 0.4) is 0 Å². The molecule has 30 heavy (non-hydrogen) atoms. The van der Waals surface area contributed by atoms with Gasteiger partial charge in [0.2, 0.25) is 0 Å². The van der Waals surface area contributed by atoms with Crippen LogP contribution in [-0.2, 0) is 11.3 Å². The Bertz CT molecular complexity index is 1180. The molecule has 3 aromatic heterocycles. The van der Waals surface area contributed by atoms with Gasteiger partial charge in [-0.1, -0.05) is 35.9 Å². The second kappa shape index (κ2) is 8.33. The maximum Gasteiger partial charge on any atom is 0.179 e. The van der Waals surface area contributed by atoms with Crippen LogP contribution in [0.25, 0.3) is 16.2 Å². The number of rotatable bonds is 5. The number of azo groups is 1. The largest absolute Gasteiger partial charge is 0.378 e. The normalized spacial score (nSPS) is 14.8. The molecule has 1 aliphatic heterocycles. The molecule has 1 aromatic carbocycles. The molecule has 1 saturated heterocycles. The molecule has 0 atom stereocenters. The van der Waals surface area contributed by atoms with Crippen molar-refractivity contribution in [1.82, 2.24) is 14.6 Å². The minimum atomic E-state index is 0.529. The molecule has 0 unspecified atom stereocenters. The van der Waals surface area contributed by atoms with E-state index in [4.69, 9.17) is 14.8 Å². The Labute approximate surface area is 178 Å². The quantitative estimate of drug-likeness (QED) is 0.433. The van der Waals surface area contributed by atoms with E-state index in [1.807, 2.05) is 28.8 Å². The standard InChI is InChI=1S/C22H22N6OS/c1-16-4-2-5-17(12-16)15-23-25-20-14-22(27-7-9-29-10-8-27)28-21(24-20)13-18(26-28)19-6-3-11-30-19/h2-6,11-14H,7-10,15H2,1H3. The molecule has 0 bridgehead atoms. The third-order valence-electron chi connectivity index (χ3n) is 5.01. The highest BCUT2D eigenvalue weighted by Crippen LogP contribution is 2.29.